The van der Waals surface area contributed by atoms with Crippen LogP contribution < -0.4 is 5.32 Å². The molecule has 0 unspecified atom stereocenters. The first-order chi connectivity index (χ1) is 18.8. The Labute approximate surface area is 227 Å². The Kier molecular flexibility index (Phi) is 6.89. The Morgan fingerprint density at radius 2 is 1.88 bits per heavy atom. The van der Waals surface area contributed by atoms with Crippen LogP contribution in [0.2, 0.25) is 0 Å². The van der Waals surface area contributed by atoms with E-state index < -0.39 is 31.0 Å². The molecule has 0 spiro atoms. The van der Waals surface area contributed by atoms with Crippen LogP contribution in [0, 0.1) is 12.3 Å². The van der Waals surface area contributed by atoms with Crippen molar-refractivity contribution in [1.82, 2.24) is 30.0 Å². The van der Waals surface area contributed by atoms with Crippen molar-refractivity contribution in [2.45, 2.75) is 71.6 Å². The third-order valence-electron chi connectivity index (χ3n) is 7.59. The fraction of sp³-hybridized carbons (Fsp3) is 0.481. The molecule has 3 aromatic rings. The van der Waals surface area contributed by atoms with E-state index in [2.05, 4.69) is 25.1 Å². The molecule has 13 heteroatoms. The van der Waals surface area contributed by atoms with Crippen LogP contribution in [0.15, 0.2) is 30.6 Å². The van der Waals surface area contributed by atoms with Crippen molar-refractivity contribution in [2.24, 2.45) is 5.41 Å². The van der Waals surface area contributed by atoms with Gasteiger partial charge in [-0.2, -0.15) is 5.10 Å². The highest BCUT2D eigenvalue weighted by molar-refractivity contribution is 6.06. The summed E-state index contributed by atoms with van der Waals surface area (Å²) in [6, 6.07) is 3.53. The average Bonchev–Trinajstić information content (AvgIpc) is 3.24. The molecule has 40 heavy (non-hydrogen) atoms. The maximum Gasteiger partial charge on any atom is 0.522 e. The largest absolute Gasteiger partial charge is 0.522 e. The quantitative estimate of drug-likeness (QED) is 0.421. The van der Waals surface area contributed by atoms with E-state index in [1.165, 1.54) is 23.4 Å². The van der Waals surface area contributed by atoms with Crippen LogP contribution in [0.25, 0.3) is 22.0 Å². The molecule has 3 heterocycles. The zero-order valence-electron chi connectivity index (χ0n) is 22.5. The first-order valence-corrected chi connectivity index (χ1v) is 12.9. The number of piperidine rings is 1. The maximum absolute atomic E-state index is 13.6. The van der Waals surface area contributed by atoms with Crippen molar-refractivity contribution < 1.29 is 32.3 Å². The standard InChI is InChI=1S/C27H29F3N6O4/c1-14(13-40-27(28,29)30)33-25(39)21-8-26(4)9-22(26)36(21)23(38)12-35-20-6-5-17(18-10-31-16(3)32-11-18)7-19(20)24(34-35)15(2)37/h5-7,10-11,14,21-22H,8-9,12-13H2,1-4H3,(H,33,39)/t14-,21+,22-,26+/m1/s1. The van der Waals surface area contributed by atoms with E-state index >= 15 is 0 Å². The highest BCUT2D eigenvalue weighted by Gasteiger charge is 2.64. The lowest BCUT2D eigenvalue weighted by atomic mass is 10.0. The highest BCUT2D eigenvalue weighted by Crippen LogP contribution is 2.59. The van der Waals surface area contributed by atoms with Gasteiger partial charge in [-0.25, -0.2) is 9.97 Å². The molecule has 0 bridgehead atoms. The molecule has 1 aromatic carbocycles. The minimum Gasteiger partial charge on any atom is -0.350 e. The second-order valence-electron chi connectivity index (χ2n) is 10.9. The van der Waals surface area contributed by atoms with Gasteiger partial charge in [0.25, 0.3) is 0 Å². The zero-order chi connectivity index (χ0) is 29.0. The number of amides is 2. The number of fused-ring (bicyclic) bond motifs is 2. The molecule has 10 nitrogen and oxygen atoms in total. The van der Waals surface area contributed by atoms with E-state index in [1.807, 2.05) is 19.1 Å². The van der Waals surface area contributed by atoms with E-state index in [-0.39, 0.29) is 35.4 Å². The van der Waals surface area contributed by atoms with Gasteiger partial charge >= 0.3 is 6.36 Å². The van der Waals surface area contributed by atoms with Gasteiger partial charge in [-0.1, -0.05) is 13.0 Å². The predicted molar refractivity (Wildman–Crippen MR) is 137 cm³/mol. The average molecular weight is 559 g/mol. The molecule has 4 atom stereocenters. The van der Waals surface area contributed by atoms with Gasteiger partial charge in [0.05, 0.1) is 12.1 Å². The van der Waals surface area contributed by atoms with Crippen LogP contribution in [0.1, 0.15) is 49.9 Å². The molecule has 5 rings (SSSR count). The van der Waals surface area contributed by atoms with Crippen LogP contribution in [-0.2, 0) is 20.9 Å². The number of hydrogen-bond donors (Lipinski definition) is 1. The minimum atomic E-state index is -4.80. The number of aryl methyl sites for hydroxylation is 1. The molecular formula is C27H29F3N6O4. The number of benzene rings is 1. The number of carbonyl (C=O) groups is 3. The van der Waals surface area contributed by atoms with Gasteiger partial charge in [-0.05, 0) is 49.8 Å². The van der Waals surface area contributed by atoms with Gasteiger partial charge in [0.15, 0.2) is 5.78 Å². The lowest BCUT2D eigenvalue weighted by molar-refractivity contribution is -0.326. The van der Waals surface area contributed by atoms with Gasteiger partial charge in [-0.15, -0.1) is 13.2 Å². The number of hydrogen-bond acceptors (Lipinski definition) is 7. The topological polar surface area (TPSA) is 119 Å². The van der Waals surface area contributed by atoms with Gasteiger partial charge in [-0.3, -0.25) is 23.8 Å². The highest BCUT2D eigenvalue weighted by atomic mass is 19.4. The van der Waals surface area contributed by atoms with Gasteiger partial charge in [0.1, 0.15) is 24.1 Å². The fourth-order valence-electron chi connectivity index (χ4n) is 5.45. The maximum atomic E-state index is 13.6. The molecule has 2 aliphatic rings. The molecule has 1 aliphatic heterocycles. The first-order valence-electron chi connectivity index (χ1n) is 12.9. The van der Waals surface area contributed by atoms with Crippen molar-refractivity contribution in [3.63, 3.8) is 0 Å². The van der Waals surface area contributed by atoms with Crippen LogP contribution in [0.4, 0.5) is 13.2 Å². The van der Waals surface area contributed by atoms with Crippen molar-refractivity contribution in [2.75, 3.05) is 6.61 Å². The number of ether oxygens (including phenoxy) is 1. The summed E-state index contributed by atoms with van der Waals surface area (Å²) in [6.07, 6.45) is -0.291. The van der Waals surface area contributed by atoms with Gasteiger partial charge in [0.2, 0.25) is 11.8 Å². The smallest absolute Gasteiger partial charge is 0.350 e. The van der Waals surface area contributed by atoms with Crippen molar-refractivity contribution in [1.29, 1.82) is 0 Å². The summed E-state index contributed by atoms with van der Waals surface area (Å²) >= 11 is 0. The summed E-state index contributed by atoms with van der Waals surface area (Å²) in [5, 5.41) is 7.55. The molecule has 0 radical (unpaired) electrons. The fourth-order valence-corrected chi connectivity index (χ4v) is 5.45. The molecule has 1 saturated heterocycles. The van der Waals surface area contributed by atoms with E-state index in [4.69, 9.17) is 0 Å². The molecule has 1 aliphatic carbocycles. The number of nitrogens with one attached hydrogen (secondary N) is 1. The lowest BCUT2D eigenvalue weighted by Crippen LogP contribution is -2.51. The number of Topliss-reactive ketones (excluding diaryl/α,β-unsaturated/α-hetero) is 1. The van der Waals surface area contributed by atoms with E-state index in [1.54, 1.807) is 25.4 Å². The third kappa shape index (κ3) is 5.42. The van der Waals surface area contributed by atoms with Crippen LogP contribution in [0.5, 0.6) is 0 Å². The number of nitrogens with zero attached hydrogens (tertiary/aromatic N) is 5. The number of ketones is 1. The van der Waals surface area contributed by atoms with Crippen LogP contribution in [0.3, 0.4) is 0 Å². The summed E-state index contributed by atoms with van der Waals surface area (Å²) in [5.41, 5.74) is 2.11. The second-order valence-corrected chi connectivity index (χ2v) is 10.9. The van der Waals surface area contributed by atoms with Crippen molar-refractivity contribution in [3.8, 4) is 11.1 Å². The number of likely N-dealkylation sites (tertiary alicyclic amines) is 1. The summed E-state index contributed by atoms with van der Waals surface area (Å²) in [4.78, 5) is 49.0. The second kappa shape index (κ2) is 9.95. The Hall–Kier alpha value is -3.87. The van der Waals surface area contributed by atoms with Gasteiger partial charge < -0.3 is 10.2 Å². The monoisotopic (exact) mass is 558 g/mol. The number of halogens is 3. The molecule has 2 fully saturated rings. The zero-order valence-corrected chi connectivity index (χ0v) is 22.5. The Balaban J connectivity index is 1.37. The number of carbonyl (C=O) groups excluding carboxylic acids is 3. The molecular weight excluding hydrogens is 529 g/mol. The van der Waals surface area contributed by atoms with Crippen LogP contribution >= 0.6 is 0 Å². The van der Waals surface area contributed by atoms with Crippen LogP contribution in [-0.4, -0.2) is 73.3 Å². The molecule has 1 saturated carbocycles. The number of rotatable bonds is 8. The molecule has 1 N–H and O–H groups in total. The van der Waals surface area contributed by atoms with E-state index in [0.717, 1.165) is 17.5 Å². The third-order valence-corrected chi connectivity index (χ3v) is 7.59. The molecule has 2 amide bonds. The Morgan fingerprint density at radius 3 is 2.52 bits per heavy atom. The number of alkyl halides is 3. The SMILES string of the molecule is CC(=O)c1nn(CC(=O)N2[C@H](C(=O)N[C@H](C)COC(F)(F)F)C[C@@]3(C)C[C@@H]23)c2ccc(-c3cnc(C)nc3)cc12. The summed E-state index contributed by atoms with van der Waals surface area (Å²) < 4.78 is 42.5. The first kappa shape index (κ1) is 27.7. The Morgan fingerprint density at radius 1 is 1.18 bits per heavy atom. The summed E-state index contributed by atoms with van der Waals surface area (Å²) in [6.45, 7) is 5.62. The summed E-state index contributed by atoms with van der Waals surface area (Å²) in [7, 11) is 0. The van der Waals surface area contributed by atoms with E-state index in [9.17, 15) is 27.6 Å². The molecule has 2 aromatic heterocycles. The predicted octanol–water partition coefficient (Wildman–Crippen LogP) is 3.42. The van der Waals surface area contributed by atoms with Crippen molar-refractivity contribution in [3.05, 3.63) is 42.1 Å². The van der Waals surface area contributed by atoms with Crippen molar-refractivity contribution >= 4 is 28.5 Å². The van der Waals surface area contributed by atoms with Gasteiger partial charge in [0, 0.05) is 42.4 Å². The number of aromatic nitrogens is 4. The normalized spacial score (nSPS) is 22.7. The van der Waals surface area contributed by atoms with E-state index in [0.29, 0.717) is 23.1 Å². The summed E-state index contributed by atoms with van der Waals surface area (Å²) in [5.74, 6) is -0.525. The lowest BCUT2D eigenvalue weighted by Gasteiger charge is -2.28. The molecule has 212 valence electrons. The minimum absolute atomic E-state index is 0.153. The Bertz CT molecular complexity index is 1490.